The summed E-state index contributed by atoms with van der Waals surface area (Å²) in [5, 5.41) is 14.0. The Kier molecular flexibility index (Phi) is 6.11. The average Bonchev–Trinajstić information content (AvgIpc) is 2.48. The zero-order valence-corrected chi connectivity index (χ0v) is 13.5. The van der Waals surface area contributed by atoms with Gasteiger partial charge in [0.05, 0.1) is 7.11 Å². The maximum Gasteiger partial charge on any atom is 0.162 e. The Labute approximate surface area is 131 Å². The number of ether oxygens (including phenoxy) is 1. The molecule has 5 nitrogen and oxygen atoms in total. The van der Waals surface area contributed by atoms with Gasteiger partial charge in [-0.3, -0.25) is 4.90 Å². The van der Waals surface area contributed by atoms with Gasteiger partial charge in [-0.15, -0.1) is 0 Å². The van der Waals surface area contributed by atoms with Gasteiger partial charge in [-0.2, -0.15) is 0 Å². The topological polar surface area (TPSA) is 48.0 Å². The highest BCUT2D eigenvalue weighted by atomic mass is 35.5. The van der Waals surface area contributed by atoms with Crippen LogP contribution in [0.3, 0.4) is 0 Å². The number of phenolic OH excluding ortho intramolecular Hbond substituents is 1. The molecular formula is C15H24ClN3O2. The van der Waals surface area contributed by atoms with Crippen LogP contribution in [0, 0.1) is 0 Å². The number of benzene rings is 1. The van der Waals surface area contributed by atoms with E-state index in [1.54, 1.807) is 12.1 Å². The first-order valence-electron chi connectivity index (χ1n) is 7.27. The third-order valence-electron chi connectivity index (χ3n) is 3.85. The van der Waals surface area contributed by atoms with Gasteiger partial charge in [-0.25, -0.2) is 0 Å². The van der Waals surface area contributed by atoms with Crippen LogP contribution in [0.1, 0.15) is 5.56 Å². The maximum atomic E-state index is 10.1. The zero-order chi connectivity index (χ0) is 15.2. The molecule has 1 aromatic rings. The highest BCUT2D eigenvalue weighted by Gasteiger charge is 2.13. The van der Waals surface area contributed by atoms with Crippen LogP contribution in [-0.4, -0.2) is 68.3 Å². The van der Waals surface area contributed by atoms with Crippen LogP contribution in [0.25, 0.3) is 0 Å². The summed E-state index contributed by atoms with van der Waals surface area (Å²) < 4.78 is 5.10. The third-order valence-corrected chi connectivity index (χ3v) is 4.07. The third kappa shape index (κ3) is 4.74. The fraction of sp³-hybridized carbons (Fsp3) is 0.600. The van der Waals surface area contributed by atoms with Crippen LogP contribution in [0.4, 0.5) is 0 Å². The van der Waals surface area contributed by atoms with Gasteiger partial charge < -0.3 is 20.1 Å². The number of likely N-dealkylation sites (N-methyl/N-ethyl adjacent to an activating group) is 1. The van der Waals surface area contributed by atoms with Crippen LogP contribution < -0.4 is 10.1 Å². The maximum absolute atomic E-state index is 10.1. The number of rotatable bonds is 6. The van der Waals surface area contributed by atoms with Crippen molar-refractivity contribution in [1.29, 1.82) is 0 Å². The van der Waals surface area contributed by atoms with E-state index >= 15 is 0 Å². The number of halogens is 1. The van der Waals surface area contributed by atoms with Crippen LogP contribution in [0.2, 0.25) is 5.02 Å². The molecule has 2 rings (SSSR count). The quantitative estimate of drug-likeness (QED) is 0.777. The van der Waals surface area contributed by atoms with Gasteiger partial charge in [0.1, 0.15) is 0 Å². The van der Waals surface area contributed by atoms with E-state index in [9.17, 15) is 5.11 Å². The summed E-state index contributed by atoms with van der Waals surface area (Å²) in [6.07, 6.45) is 0. The van der Waals surface area contributed by atoms with E-state index in [2.05, 4.69) is 22.2 Å². The Hall–Kier alpha value is -1.01. The lowest BCUT2D eigenvalue weighted by molar-refractivity contribution is 0.154. The van der Waals surface area contributed by atoms with Crippen molar-refractivity contribution in [2.24, 2.45) is 0 Å². The first-order valence-corrected chi connectivity index (χ1v) is 7.65. The predicted octanol–water partition coefficient (Wildman–Crippen LogP) is 1.39. The lowest BCUT2D eigenvalue weighted by Gasteiger charge is -2.32. The minimum absolute atomic E-state index is 0.161. The summed E-state index contributed by atoms with van der Waals surface area (Å²) in [4.78, 5) is 4.80. The molecule has 0 aromatic heterocycles. The van der Waals surface area contributed by atoms with Crippen molar-refractivity contribution in [1.82, 2.24) is 15.1 Å². The number of hydrogen-bond donors (Lipinski definition) is 2. The van der Waals surface area contributed by atoms with Crippen molar-refractivity contribution in [2.75, 3.05) is 53.4 Å². The molecule has 0 bridgehead atoms. The molecule has 0 unspecified atom stereocenters. The summed E-state index contributed by atoms with van der Waals surface area (Å²) in [7, 11) is 3.68. The second-order valence-corrected chi connectivity index (χ2v) is 5.87. The molecule has 2 N–H and O–H groups in total. The van der Waals surface area contributed by atoms with Crippen LogP contribution in [-0.2, 0) is 6.54 Å². The number of hydrogen-bond acceptors (Lipinski definition) is 5. The Morgan fingerprint density at radius 1 is 1.29 bits per heavy atom. The monoisotopic (exact) mass is 313 g/mol. The smallest absolute Gasteiger partial charge is 0.162 e. The molecule has 1 fully saturated rings. The van der Waals surface area contributed by atoms with Crippen molar-refractivity contribution >= 4 is 11.6 Å². The zero-order valence-electron chi connectivity index (χ0n) is 12.7. The normalized spacial score (nSPS) is 17.1. The van der Waals surface area contributed by atoms with Gasteiger partial charge >= 0.3 is 0 Å². The van der Waals surface area contributed by atoms with E-state index in [-0.39, 0.29) is 5.75 Å². The van der Waals surface area contributed by atoms with E-state index in [0.717, 1.165) is 44.8 Å². The Morgan fingerprint density at radius 2 is 2.00 bits per heavy atom. The van der Waals surface area contributed by atoms with Gasteiger partial charge in [0.2, 0.25) is 0 Å². The Balaban J connectivity index is 1.77. The molecule has 1 aliphatic rings. The minimum atomic E-state index is 0.161. The molecule has 1 heterocycles. The first kappa shape index (κ1) is 16.4. The predicted molar refractivity (Wildman–Crippen MR) is 85.3 cm³/mol. The molecule has 1 saturated heterocycles. The largest absolute Gasteiger partial charge is 0.504 e. The number of nitrogens with one attached hydrogen (secondary N) is 1. The Bertz CT molecular complexity index is 462. The second-order valence-electron chi connectivity index (χ2n) is 5.44. The van der Waals surface area contributed by atoms with Crippen molar-refractivity contribution in [3.05, 3.63) is 22.7 Å². The van der Waals surface area contributed by atoms with Crippen LogP contribution in [0.5, 0.6) is 11.5 Å². The standard InChI is InChI=1S/C15H24ClN3O2/c1-18-5-7-19(8-6-18)4-3-17-11-12-9-13(16)10-14(21-2)15(12)20/h9-10,17,20H,3-8,11H2,1-2H3. The van der Waals surface area contributed by atoms with Crippen LogP contribution in [0.15, 0.2) is 12.1 Å². The molecule has 0 saturated carbocycles. The van der Waals surface area contributed by atoms with E-state index in [0.29, 0.717) is 17.3 Å². The fourth-order valence-corrected chi connectivity index (χ4v) is 2.68. The lowest BCUT2D eigenvalue weighted by atomic mass is 10.2. The molecule has 6 heteroatoms. The molecule has 0 radical (unpaired) electrons. The number of nitrogens with zero attached hydrogens (tertiary/aromatic N) is 2. The highest BCUT2D eigenvalue weighted by Crippen LogP contribution is 2.33. The number of methoxy groups -OCH3 is 1. The summed E-state index contributed by atoms with van der Waals surface area (Å²) >= 11 is 6.02. The molecule has 1 aliphatic heterocycles. The average molecular weight is 314 g/mol. The minimum Gasteiger partial charge on any atom is -0.504 e. The van der Waals surface area contributed by atoms with Gasteiger partial charge in [-0.05, 0) is 13.1 Å². The molecule has 118 valence electrons. The summed E-state index contributed by atoms with van der Waals surface area (Å²) in [5.41, 5.74) is 0.762. The number of aromatic hydroxyl groups is 1. The highest BCUT2D eigenvalue weighted by molar-refractivity contribution is 6.30. The molecule has 21 heavy (non-hydrogen) atoms. The van der Waals surface area contributed by atoms with Crippen molar-refractivity contribution in [3.63, 3.8) is 0 Å². The second kappa shape index (κ2) is 7.84. The molecule has 0 spiro atoms. The van der Waals surface area contributed by atoms with E-state index in [1.807, 2.05) is 0 Å². The first-order chi connectivity index (χ1) is 10.1. The van der Waals surface area contributed by atoms with Crippen LogP contribution >= 0.6 is 11.6 Å². The van der Waals surface area contributed by atoms with Gasteiger partial charge in [-0.1, -0.05) is 11.6 Å². The van der Waals surface area contributed by atoms with Gasteiger partial charge in [0.25, 0.3) is 0 Å². The molecule has 1 aromatic carbocycles. The Morgan fingerprint density at radius 3 is 2.67 bits per heavy atom. The van der Waals surface area contributed by atoms with E-state index in [1.165, 1.54) is 7.11 Å². The van der Waals surface area contributed by atoms with Gasteiger partial charge in [0, 0.05) is 62.5 Å². The fourth-order valence-electron chi connectivity index (χ4n) is 2.45. The number of phenols is 1. The van der Waals surface area contributed by atoms with E-state index < -0.39 is 0 Å². The van der Waals surface area contributed by atoms with Crippen molar-refractivity contribution < 1.29 is 9.84 Å². The van der Waals surface area contributed by atoms with E-state index in [4.69, 9.17) is 16.3 Å². The molecule has 0 amide bonds. The summed E-state index contributed by atoms with van der Waals surface area (Å²) in [5.74, 6) is 0.576. The molecule has 0 aliphatic carbocycles. The van der Waals surface area contributed by atoms with Crippen molar-refractivity contribution in [2.45, 2.75) is 6.54 Å². The van der Waals surface area contributed by atoms with Crippen molar-refractivity contribution in [3.8, 4) is 11.5 Å². The SMILES string of the molecule is COc1cc(Cl)cc(CNCCN2CCN(C)CC2)c1O. The van der Waals surface area contributed by atoms with Gasteiger partial charge in [0.15, 0.2) is 11.5 Å². The summed E-state index contributed by atoms with van der Waals surface area (Å²) in [6, 6.07) is 3.38. The molecular weight excluding hydrogens is 290 g/mol. The lowest BCUT2D eigenvalue weighted by Crippen LogP contribution is -2.46. The molecule has 0 atom stereocenters. The number of piperazine rings is 1. The summed E-state index contributed by atoms with van der Waals surface area (Å²) in [6.45, 7) is 6.99.